The van der Waals surface area contributed by atoms with Gasteiger partial charge in [0.05, 0.1) is 0 Å². The smallest absolute Gasteiger partial charge is 0.163 e. The molecule has 62 valence electrons. The van der Waals surface area contributed by atoms with Gasteiger partial charge < -0.3 is 0 Å². The van der Waals surface area contributed by atoms with Crippen molar-refractivity contribution in [3.05, 3.63) is 34.3 Å². The Morgan fingerprint density at radius 2 is 2.08 bits per heavy atom. The minimum Gasteiger partial charge on any atom is -0.294 e. The van der Waals surface area contributed by atoms with E-state index in [1.54, 1.807) is 6.07 Å². The van der Waals surface area contributed by atoms with Crippen LogP contribution in [0.2, 0.25) is 5.02 Å². The zero-order chi connectivity index (χ0) is 8.55. The van der Waals surface area contributed by atoms with Crippen LogP contribution in [-0.4, -0.2) is 5.78 Å². The first-order valence-electron chi connectivity index (χ1n) is 4.09. The minimum atomic E-state index is 0.235. The van der Waals surface area contributed by atoms with Gasteiger partial charge in [-0.2, -0.15) is 0 Å². The molecule has 0 spiro atoms. The van der Waals surface area contributed by atoms with Crippen LogP contribution >= 0.6 is 11.6 Å². The van der Waals surface area contributed by atoms with Crippen LogP contribution in [0.1, 0.15) is 28.8 Å². The standard InChI is InChI=1S/C10H9ClO/c11-8-5-4-7-2-1-3-10(12)9(7)6-8/h4-6H,1-3H2. The maximum absolute atomic E-state index is 11.4. The number of benzene rings is 1. The van der Waals surface area contributed by atoms with Gasteiger partial charge in [-0.15, -0.1) is 0 Å². The third kappa shape index (κ3) is 1.25. The average Bonchev–Trinajstić information content (AvgIpc) is 2.07. The van der Waals surface area contributed by atoms with E-state index in [-0.39, 0.29) is 5.78 Å². The van der Waals surface area contributed by atoms with Crippen molar-refractivity contribution in [2.45, 2.75) is 19.3 Å². The van der Waals surface area contributed by atoms with E-state index in [1.807, 2.05) is 12.1 Å². The molecule has 1 aromatic rings. The van der Waals surface area contributed by atoms with Crippen LogP contribution in [0.25, 0.3) is 0 Å². The molecule has 0 atom stereocenters. The summed E-state index contributed by atoms with van der Waals surface area (Å²) in [6.07, 6.45) is 2.67. The Labute approximate surface area is 76.4 Å². The van der Waals surface area contributed by atoms with Crippen molar-refractivity contribution in [1.29, 1.82) is 0 Å². The third-order valence-corrected chi connectivity index (χ3v) is 2.46. The summed E-state index contributed by atoms with van der Waals surface area (Å²) < 4.78 is 0. The van der Waals surface area contributed by atoms with Crippen LogP contribution in [0, 0.1) is 0 Å². The number of hydrogen-bond donors (Lipinski definition) is 0. The lowest BCUT2D eigenvalue weighted by molar-refractivity contribution is 0.0972. The second-order valence-electron chi connectivity index (χ2n) is 3.08. The van der Waals surface area contributed by atoms with Gasteiger partial charge in [-0.25, -0.2) is 0 Å². The van der Waals surface area contributed by atoms with E-state index in [0.29, 0.717) is 11.4 Å². The van der Waals surface area contributed by atoms with Crippen molar-refractivity contribution in [2.75, 3.05) is 0 Å². The van der Waals surface area contributed by atoms with E-state index in [9.17, 15) is 4.79 Å². The Morgan fingerprint density at radius 1 is 1.25 bits per heavy atom. The molecule has 0 N–H and O–H groups in total. The number of Topliss-reactive ketones (excluding diaryl/α,β-unsaturated/α-hetero) is 1. The first-order valence-corrected chi connectivity index (χ1v) is 4.47. The summed E-state index contributed by atoms with van der Waals surface area (Å²) in [6, 6.07) is 5.58. The molecule has 0 unspecified atom stereocenters. The molecule has 0 saturated heterocycles. The summed E-state index contributed by atoms with van der Waals surface area (Å²) in [5.41, 5.74) is 1.98. The molecule has 0 aliphatic heterocycles. The lowest BCUT2D eigenvalue weighted by Crippen LogP contribution is -2.10. The first-order chi connectivity index (χ1) is 5.77. The number of aryl methyl sites for hydroxylation is 1. The van der Waals surface area contributed by atoms with Crippen LogP contribution < -0.4 is 0 Å². The molecule has 1 aliphatic carbocycles. The lowest BCUT2D eigenvalue weighted by atomic mass is 9.91. The highest BCUT2D eigenvalue weighted by Gasteiger charge is 2.16. The number of carbonyl (C=O) groups is 1. The van der Waals surface area contributed by atoms with Crippen molar-refractivity contribution >= 4 is 17.4 Å². The zero-order valence-corrected chi connectivity index (χ0v) is 7.40. The molecule has 0 aromatic heterocycles. The average molecular weight is 181 g/mol. The Bertz CT molecular complexity index is 331. The van der Waals surface area contributed by atoms with E-state index in [1.165, 1.54) is 0 Å². The highest BCUT2D eigenvalue weighted by atomic mass is 35.5. The SMILES string of the molecule is O=C1CCCc2ccc(Cl)cc21. The monoisotopic (exact) mass is 180 g/mol. The van der Waals surface area contributed by atoms with Gasteiger partial charge >= 0.3 is 0 Å². The van der Waals surface area contributed by atoms with Gasteiger partial charge in [0.15, 0.2) is 5.78 Å². The quantitative estimate of drug-likeness (QED) is 0.600. The molecule has 0 bridgehead atoms. The summed E-state index contributed by atoms with van der Waals surface area (Å²) >= 11 is 5.79. The van der Waals surface area contributed by atoms with Crippen molar-refractivity contribution < 1.29 is 4.79 Å². The van der Waals surface area contributed by atoms with Gasteiger partial charge in [-0.3, -0.25) is 4.79 Å². The van der Waals surface area contributed by atoms with Gasteiger partial charge in [0.2, 0.25) is 0 Å². The molecule has 12 heavy (non-hydrogen) atoms. The molecule has 0 amide bonds. The largest absolute Gasteiger partial charge is 0.294 e. The highest BCUT2D eigenvalue weighted by molar-refractivity contribution is 6.31. The minimum absolute atomic E-state index is 0.235. The molecule has 0 fully saturated rings. The van der Waals surface area contributed by atoms with Crippen LogP contribution in [0.15, 0.2) is 18.2 Å². The van der Waals surface area contributed by atoms with Crippen LogP contribution in [-0.2, 0) is 6.42 Å². The fourth-order valence-electron chi connectivity index (χ4n) is 1.60. The Balaban J connectivity index is 2.54. The van der Waals surface area contributed by atoms with Crippen LogP contribution in [0.3, 0.4) is 0 Å². The summed E-state index contributed by atoms with van der Waals surface area (Å²) in [5, 5.41) is 0.656. The van der Waals surface area contributed by atoms with E-state index in [4.69, 9.17) is 11.6 Å². The van der Waals surface area contributed by atoms with Crippen molar-refractivity contribution in [2.24, 2.45) is 0 Å². The zero-order valence-electron chi connectivity index (χ0n) is 6.64. The Morgan fingerprint density at radius 3 is 2.92 bits per heavy atom. The normalized spacial score (nSPS) is 15.9. The Hall–Kier alpha value is -0.820. The summed E-state index contributed by atoms with van der Waals surface area (Å²) in [7, 11) is 0. The van der Waals surface area contributed by atoms with E-state index in [2.05, 4.69) is 0 Å². The molecular weight excluding hydrogens is 172 g/mol. The number of carbonyl (C=O) groups excluding carboxylic acids is 1. The summed E-state index contributed by atoms with van der Waals surface area (Å²) in [6.45, 7) is 0. The molecule has 2 rings (SSSR count). The molecule has 2 heteroatoms. The Kier molecular flexibility index (Phi) is 1.89. The molecule has 1 aliphatic rings. The third-order valence-electron chi connectivity index (χ3n) is 2.22. The van der Waals surface area contributed by atoms with Crippen molar-refractivity contribution in [3.8, 4) is 0 Å². The van der Waals surface area contributed by atoms with E-state index < -0.39 is 0 Å². The highest BCUT2D eigenvalue weighted by Crippen LogP contribution is 2.23. The fraction of sp³-hybridized carbons (Fsp3) is 0.300. The summed E-state index contributed by atoms with van der Waals surface area (Å²) in [5.74, 6) is 0.235. The second-order valence-corrected chi connectivity index (χ2v) is 3.51. The predicted molar refractivity (Wildman–Crippen MR) is 48.7 cm³/mol. The van der Waals surface area contributed by atoms with Crippen LogP contribution in [0.5, 0.6) is 0 Å². The van der Waals surface area contributed by atoms with Crippen molar-refractivity contribution in [3.63, 3.8) is 0 Å². The van der Waals surface area contributed by atoms with Gasteiger partial charge in [-0.05, 0) is 30.5 Å². The molecular formula is C10H9ClO. The first kappa shape index (κ1) is 7.81. The van der Waals surface area contributed by atoms with E-state index in [0.717, 1.165) is 24.0 Å². The topological polar surface area (TPSA) is 17.1 Å². The molecule has 0 heterocycles. The number of halogens is 1. The predicted octanol–water partition coefficient (Wildman–Crippen LogP) is 2.86. The maximum Gasteiger partial charge on any atom is 0.163 e. The second kappa shape index (κ2) is 2.91. The van der Waals surface area contributed by atoms with Gasteiger partial charge in [-0.1, -0.05) is 17.7 Å². The van der Waals surface area contributed by atoms with Gasteiger partial charge in [0.25, 0.3) is 0 Å². The fourth-order valence-corrected chi connectivity index (χ4v) is 1.77. The number of ketones is 1. The molecule has 1 aromatic carbocycles. The van der Waals surface area contributed by atoms with E-state index >= 15 is 0 Å². The number of hydrogen-bond acceptors (Lipinski definition) is 1. The number of rotatable bonds is 0. The number of fused-ring (bicyclic) bond motifs is 1. The van der Waals surface area contributed by atoms with Crippen molar-refractivity contribution in [1.82, 2.24) is 0 Å². The van der Waals surface area contributed by atoms with Gasteiger partial charge in [0.1, 0.15) is 0 Å². The molecule has 0 radical (unpaired) electrons. The van der Waals surface area contributed by atoms with Crippen LogP contribution in [0.4, 0.5) is 0 Å². The molecule has 1 nitrogen and oxygen atoms in total. The molecule has 0 saturated carbocycles. The maximum atomic E-state index is 11.4. The summed E-state index contributed by atoms with van der Waals surface area (Å²) in [4.78, 5) is 11.4. The lowest BCUT2D eigenvalue weighted by Gasteiger charge is -2.13. The van der Waals surface area contributed by atoms with Gasteiger partial charge in [0, 0.05) is 17.0 Å².